The van der Waals surface area contributed by atoms with E-state index in [0.717, 1.165) is 10.1 Å². The lowest BCUT2D eigenvalue weighted by Gasteiger charge is -1.73. The van der Waals surface area contributed by atoms with Crippen LogP contribution in [-0.4, -0.2) is 0 Å². The molecule has 0 radical (unpaired) electrons. The topological polar surface area (TPSA) is 17.1 Å². The van der Waals surface area contributed by atoms with E-state index in [1.807, 2.05) is 25.1 Å². The Hall–Kier alpha value is -1.15. The molecule has 2 rings (SSSR count). The van der Waals surface area contributed by atoms with Crippen molar-refractivity contribution in [1.82, 2.24) is 0 Å². The molecular weight excluding hydrogens is 168 g/mol. The fraction of sp³-hybridized carbons (Fsp3) is 0.100. The minimum absolute atomic E-state index is 0.111. The van der Waals surface area contributed by atoms with Gasteiger partial charge in [0.15, 0.2) is 5.43 Å². The van der Waals surface area contributed by atoms with Gasteiger partial charge in [0.25, 0.3) is 0 Å². The third kappa shape index (κ3) is 1.14. The Balaban J connectivity index is 3.03. The molecule has 12 heavy (non-hydrogen) atoms. The molecule has 2 aromatic rings. The highest BCUT2D eigenvalue weighted by Gasteiger charge is 1.98. The third-order valence-corrected chi connectivity index (χ3v) is 2.77. The van der Waals surface area contributed by atoms with Crippen LogP contribution < -0.4 is 5.43 Å². The molecule has 0 amide bonds. The molecule has 0 saturated heterocycles. The van der Waals surface area contributed by atoms with Gasteiger partial charge in [-0.1, -0.05) is 12.1 Å². The second-order valence-corrected chi connectivity index (χ2v) is 4.01. The molecular formula is C10H8OS. The van der Waals surface area contributed by atoms with Gasteiger partial charge >= 0.3 is 0 Å². The summed E-state index contributed by atoms with van der Waals surface area (Å²) in [6.07, 6.45) is 0. The third-order valence-electron chi connectivity index (χ3n) is 1.76. The maximum absolute atomic E-state index is 11.4. The molecule has 0 aliphatic rings. The smallest absolute Gasteiger partial charge is 0.187 e. The minimum Gasteiger partial charge on any atom is -0.289 e. The predicted octanol–water partition coefficient (Wildman–Crippen LogP) is 2.57. The van der Waals surface area contributed by atoms with Gasteiger partial charge in [0.05, 0.1) is 0 Å². The highest BCUT2D eigenvalue weighted by molar-refractivity contribution is 7.18. The van der Waals surface area contributed by atoms with Crippen molar-refractivity contribution in [2.24, 2.45) is 0 Å². The summed E-state index contributed by atoms with van der Waals surface area (Å²) in [4.78, 5) is 12.6. The zero-order valence-electron chi connectivity index (χ0n) is 6.70. The van der Waals surface area contributed by atoms with Crippen LogP contribution in [0.3, 0.4) is 0 Å². The highest BCUT2D eigenvalue weighted by Crippen LogP contribution is 2.20. The van der Waals surface area contributed by atoms with E-state index in [4.69, 9.17) is 0 Å². The molecule has 1 nitrogen and oxygen atoms in total. The normalized spacial score (nSPS) is 10.4. The highest BCUT2D eigenvalue weighted by atomic mass is 32.1. The molecule has 0 aliphatic carbocycles. The van der Waals surface area contributed by atoms with E-state index in [1.165, 1.54) is 4.88 Å². The second kappa shape index (κ2) is 2.72. The van der Waals surface area contributed by atoms with E-state index >= 15 is 0 Å². The van der Waals surface area contributed by atoms with E-state index < -0.39 is 0 Å². The van der Waals surface area contributed by atoms with Crippen molar-refractivity contribution in [3.63, 3.8) is 0 Å². The number of hydrogen-bond acceptors (Lipinski definition) is 2. The fourth-order valence-corrected chi connectivity index (χ4v) is 2.16. The summed E-state index contributed by atoms with van der Waals surface area (Å²) in [6, 6.07) is 9.22. The van der Waals surface area contributed by atoms with Gasteiger partial charge in [0.1, 0.15) is 0 Å². The summed E-state index contributed by atoms with van der Waals surface area (Å²) in [6.45, 7) is 2.02. The molecule has 0 N–H and O–H groups in total. The van der Waals surface area contributed by atoms with Crippen LogP contribution in [0.4, 0.5) is 0 Å². The van der Waals surface area contributed by atoms with Crippen LogP contribution in [0.2, 0.25) is 0 Å². The first-order valence-electron chi connectivity index (χ1n) is 3.77. The number of aryl methyl sites for hydroxylation is 1. The molecule has 1 heterocycles. The lowest BCUT2D eigenvalue weighted by Crippen LogP contribution is -1.91. The molecule has 0 saturated carbocycles. The van der Waals surface area contributed by atoms with Crippen molar-refractivity contribution in [2.45, 2.75) is 6.92 Å². The lowest BCUT2D eigenvalue weighted by molar-refractivity contribution is 1.64. The SMILES string of the molecule is Cc1cc2c(=O)ccccc2s1. The van der Waals surface area contributed by atoms with Crippen molar-refractivity contribution in [1.29, 1.82) is 0 Å². The van der Waals surface area contributed by atoms with Crippen molar-refractivity contribution in [3.05, 3.63) is 45.4 Å². The molecule has 1 aromatic carbocycles. The maximum atomic E-state index is 11.4. The fourth-order valence-electron chi connectivity index (χ4n) is 1.22. The van der Waals surface area contributed by atoms with Crippen LogP contribution in [0.25, 0.3) is 10.1 Å². The average molecular weight is 176 g/mol. The maximum Gasteiger partial charge on any atom is 0.187 e. The molecule has 0 fully saturated rings. The minimum atomic E-state index is 0.111. The zero-order chi connectivity index (χ0) is 8.55. The number of rotatable bonds is 0. The Morgan fingerprint density at radius 1 is 1.25 bits per heavy atom. The summed E-state index contributed by atoms with van der Waals surface area (Å²) < 4.78 is 1.07. The Bertz CT molecular complexity index is 470. The zero-order valence-corrected chi connectivity index (χ0v) is 7.52. The van der Waals surface area contributed by atoms with Crippen LogP contribution in [0.1, 0.15) is 4.88 Å². The van der Waals surface area contributed by atoms with Gasteiger partial charge in [0.2, 0.25) is 0 Å². The van der Waals surface area contributed by atoms with Gasteiger partial charge in [-0.15, -0.1) is 11.3 Å². The molecule has 60 valence electrons. The van der Waals surface area contributed by atoms with Crippen molar-refractivity contribution in [3.8, 4) is 0 Å². The van der Waals surface area contributed by atoms with Crippen LogP contribution >= 0.6 is 11.3 Å². The quantitative estimate of drug-likeness (QED) is 0.603. The molecule has 0 bridgehead atoms. The molecule has 0 atom stereocenters. The van der Waals surface area contributed by atoms with Crippen molar-refractivity contribution >= 4 is 21.4 Å². The van der Waals surface area contributed by atoms with E-state index in [-0.39, 0.29) is 5.43 Å². The lowest BCUT2D eigenvalue weighted by atomic mass is 10.3. The van der Waals surface area contributed by atoms with Crippen LogP contribution in [0.15, 0.2) is 35.1 Å². The van der Waals surface area contributed by atoms with Gasteiger partial charge in [0, 0.05) is 15.0 Å². The number of thiophene rings is 1. The van der Waals surface area contributed by atoms with Gasteiger partial charge in [-0.05, 0) is 25.1 Å². The first-order valence-corrected chi connectivity index (χ1v) is 4.58. The van der Waals surface area contributed by atoms with E-state index in [2.05, 4.69) is 0 Å². The first-order chi connectivity index (χ1) is 5.77. The van der Waals surface area contributed by atoms with Crippen molar-refractivity contribution in [2.75, 3.05) is 0 Å². The molecule has 0 spiro atoms. The predicted molar refractivity (Wildman–Crippen MR) is 52.8 cm³/mol. The van der Waals surface area contributed by atoms with Crippen molar-refractivity contribution < 1.29 is 0 Å². The Kier molecular flexibility index (Phi) is 1.70. The van der Waals surface area contributed by atoms with Crippen LogP contribution in [-0.2, 0) is 0 Å². The summed E-state index contributed by atoms with van der Waals surface area (Å²) in [7, 11) is 0. The summed E-state index contributed by atoms with van der Waals surface area (Å²) >= 11 is 1.66. The van der Waals surface area contributed by atoms with E-state index in [1.54, 1.807) is 23.5 Å². The summed E-state index contributed by atoms with van der Waals surface area (Å²) in [5.74, 6) is 0. The summed E-state index contributed by atoms with van der Waals surface area (Å²) in [5.41, 5.74) is 0.111. The first kappa shape index (κ1) is 7.50. The molecule has 1 aromatic heterocycles. The second-order valence-electron chi connectivity index (χ2n) is 2.72. The Labute approximate surface area is 74.3 Å². The standard InChI is InChI=1S/C10H8OS/c1-7-6-8-9(11)4-2-3-5-10(8)12-7/h2-6H,1H3. The Morgan fingerprint density at radius 3 is 2.83 bits per heavy atom. The molecule has 0 aliphatic heterocycles. The monoisotopic (exact) mass is 176 g/mol. The van der Waals surface area contributed by atoms with Crippen LogP contribution in [0, 0.1) is 6.92 Å². The van der Waals surface area contributed by atoms with Crippen LogP contribution in [0.5, 0.6) is 0 Å². The van der Waals surface area contributed by atoms with Gasteiger partial charge in [-0.2, -0.15) is 0 Å². The van der Waals surface area contributed by atoms with Gasteiger partial charge in [-0.3, -0.25) is 4.79 Å². The molecule has 0 unspecified atom stereocenters. The number of fused-ring (bicyclic) bond motifs is 1. The summed E-state index contributed by atoms with van der Waals surface area (Å²) in [5, 5.41) is 0.836. The average Bonchev–Trinajstić information content (AvgIpc) is 2.33. The van der Waals surface area contributed by atoms with Gasteiger partial charge in [-0.25, -0.2) is 0 Å². The largest absolute Gasteiger partial charge is 0.289 e. The van der Waals surface area contributed by atoms with Gasteiger partial charge < -0.3 is 0 Å². The number of hydrogen-bond donors (Lipinski definition) is 0. The Morgan fingerprint density at radius 2 is 2.00 bits per heavy atom. The molecule has 2 heteroatoms. The van der Waals surface area contributed by atoms with E-state index in [0.29, 0.717) is 0 Å². The van der Waals surface area contributed by atoms with E-state index in [9.17, 15) is 4.79 Å².